The Hall–Kier alpha value is -1.53. The van der Waals surface area contributed by atoms with Crippen LogP contribution in [-0.4, -0.2) is 24.3 Å². The van der Waals surface area contributed by atoms with Crippen molar-refractivity contribution in [1.29, 1.82) is 0 Å². The lowest BCUT2D eigenvalue weighted by molar-refractivity contribution is -0.140. The van der Waals surface area contributed by atoms with E-state index in [0.29, 0.717) is 12.3 Å². The van der Waals surface area contributed by atoms with E-state index in [9.17, 15) is 9.90 Å². The van der Waals surface area contributed by atoms with Crippen molar-refractivity contribution in [1.82, 2.24) is 0 Å². The van der Waals surface area contributed by atoms with Gasteiger partial charge < -0.3 is 9.84 Å². The van der Waals surface area contributed by atoms with Gasteiger partial charge in [-0.15, -0.1) is 11.8 Å². The predicted octanol–water partition coefficient (Wildman–Crippen LogP) is 5.05. The molecule has 0 bridgehead atoms. The molecule has 0 spiro atoms. The first-order valence-electron chi connectivity index (χ1n) is 10.6. The number of hydrogen-bond acceptors (Lipinski definition) is 3. The minimum Gasteiger partial charge on any atom is -0.469 e. The topological polar surface area (TPSA) is 46.5 Å². The fourth-order valence-corrected chi connectivity index (χ4v) is 4.69. The number of carbonyl (C=O) groups excluding carboxylic acids is 1. The number of rotatable bonds is 9. The first kappa shape index (κ1) is 21.8. The lowest BCUT2D eigenvalue weighted by Gasteiger charge is -2.18. The maximum absolute atomic E-state index is 11.2. The Morgan fingerprint density at radius 2 is 2.19 bits per heavy atom. The highest BCUT2D eigenvalue weighted by molar-refractivity contribution is 5.69. The van der Waals surface area contributed by atoms with Crippen LogP contribution in [-0.2, 0) is 9.53 Å². The molecule has 2 aliphatic carbocycles. The van der Waals surface area contributed by atoms with Crippen LogP contribution in [0.25, 0.3) is 0 Å². The summed E-state index contributed by atoms with van der Waals surface area (Å²) in [5, 5.41) is 10.5. The second kappa shape index (κ2) is 11.3. The predicted molar refractivity (Wildman–Crippen MR) is 110 cm³/mol. The van der Waals surface area contributed by atoms with Gasteiger partial charge in [-0.1, -0.05) is 30.7 Å². The Bertz CT molecular complexity index is 592. The summed E-state index contributed by atoms with van der Waals surface area (Å²) in [6, 6.07) is 0. The van der Waals surface area contributed by atoms with E-state index in [2.05, 4.69) is 30.9 Å². The molecule has 5 atom stereocenters. The molecule has 27 heavy (non-hydrogen) atoms. The van der Waals surface area contributed by atoms with E-state index in [1.165, 1.54) is 32.8 Å². The Morgan fingerprint density at radius 1 is 1.37 bits per heavy atom. The van der Waals surface area contributed by atoms with Crippen molar-refractivity contribution < 1.29 is 14.6 Å². The molecule has 0 aromatic heterocycles. The number of aliphatic hydroxyl groups is 1. The van der Waals surface area contributed by atoms with Crippen LogP contribution in [0.5, 0.6) is 0 Å². The van der Waals surface area contributed by atoms with E-state index in [1.807, 2.05) is 13.0 Å². The molecule has 1 N–H and O–H groups in total. The Morgan fingerprint density at radius 3 is 2.89 bits per heavy atom. The first-order chi connectivity index (χ1) is 13.1. The third-order valence-electron chi connectivity index (χ3n) is 6.40. The molecule has 2 unspecified atom stereocenters. The SMILES string of the molecule is CC#CCC(CC)[C@@H](O)/C=C/[C@H]1CCC2C/C(=C\CCCC(=O)OC)C[C@@H]21. The molecule has 2 fully saturated rings. The summed E-state index contributed by atoms with van der Waals surface area (Å²) in [6.07, 6.45) is 15.3. The van der Waals surface area contributed by atoms with E-state index in [0.717, 1.165) is 37.5 Å². The van der Waals surface area contributed by atoms with E-state index in [4.69, 9.17) is 4.74 Å². The van der Waals surface area contributed by atoms with Gasteiger partial charge in [0.1, 0.15) is 0 Å². The van der Waals surface area contributed by atoms with Crippen LogP contribution in [0.3, 0.4) is 0 Å². The average molecular weight is 373 g/mol. The Labute approximate surface area is 165 Å². The van der Waals surface area contributed by atoms with Gasteiger partial charge >= 0.3 is 5.97 Å². The van der Waals surface area contributed by atoms with E-state index in [-0.39, 0.29) is 18.0 Å². The second-order valence-corrected chi connectivity index (χ2v) is 8.08. The van der Waals surface area contributed by atoms with Crippen molar-refractivity contribution in [3.63, 3.8) is 0 Å². The average Bonchev–Trinajstić information content (AvgIpc) is 3.24. The summed E-state index contributed by atoms with van der Waals surface area (Å²) in [6.45, 7) is 3.98. The van der Waals surface area contributed by atoms with E-state index >= 15 is 0 Å². The molecule has 3 nitrogen and oxygen atoms in total. The van der Waals surface area contributed by atoms with Gasteiger partial charge in [0.15, 0.2) is 0 Å². The molecule has 150 valence electrons. The number of methoxy groups -OCH3 is 1. The number of unbranched alkanes of at least 4 members (excludes halogenated alkanes) is 1. The quantitative estimate of drug-likeness (QED) is 0.267. The minimum absolute atomic E-state index is 0.115. The molecule has 0 aliphatic heterocycles. The van der Waals surface area contributed by atoms with Crippen LogP contribution >= 0.6 is 0 Å². The number of carbonyl (C=O) groups is 1. The molecular weight excluding hydrogens is 336 g/mol. The maximum atomic E-state index is 11.2. The van der Waals surface area contributed by atoms with Crippen molar-refractivity contribution in [2.75, 3.05) is 7.11 Å². The van der Waals surface area contributed by atoms with Gasteiger partial charge in [-0.2, -0.15) is 0 Å². The molecule has 0 aromatic carbocycles. The highest BCUT2D eigenvalue weighted by atomic mass is 16.5. The van der Waals surface area contributed by atoms with Crippen molar-refractivity contribution in [2.24, 2.45) is 23.7 Å². The van der Waals surface area contributed by atoms with Crippen LogP contribution in [0.2, 0.25) is 0 Å². The number of fused-ring (bicyclic) bond motifs is 1. The zero-order valence-corrected chi connectivity index (χ0v) is 17.2. The molecule has 2 rings (SSSR count). The lowest BCUT2D eigenvalue weighted by atomic mass is 9.89. The summed E-state index contributed by atoms with van der Waals surface area (Å²) in [5.41, 5.74) is 1.57. The number of ether oxygens (including phenoxy) is 1. The number of esters is 1. The van der Waals surface area contributed by atoms with Crippen LogP contribution in [0, 0.1) is 35.5 Å². The fraction of sp³-hybridized carbons (Fsp3) is 0.708. The molecule has 0 amide bonds. The third kappa shape index (κ3) is 6.54. The molecule has 0 saturated heterocycles. The summed E-state index contributed by atoms with van der Waals surface area (Å²) in [4.78, 5) is 11.2. The van der Waals surface area contributed by atoms with Gasteiger partial charge in [-0.05, 0) is 75.5 Å². The molecule has 0 radical (unpaired) electrons. The molecule has 3 heteroatoms. The van der Waals surface area contributed by atoms with Crippen LogP contribution < -0.4 is 0 Å². The smallest absolute Gasteiger partial charge is 0.305 e. The van der Waals surface area contributed by atoms with E-state index < -0.39 is 0 Å². The Kier molecular flexibility index (Phi) is 9.15. The van der Waals surface area contributed by atoms with Gasteiger partial charge in [0.2, 0.25) is 0 Å². The lowest BCUT2D eigenvalue weighted by Crippen LogP contribution is -2.17. The molecule has 0 aromatic rings. The first-order valence-corrected chi connectivity index (χ1v) is 10.6. The minimum atomic E-state index is -0.385. The highest BCUT2D eigenvalue weighted by Crippen LogP contribution is 2.50. The molecule has 0 heterocycles. The molecule has 2 aliphatic rings. The van der Waals surface area contributed by atoms with Crippen molar-refractivity contribution >= 4 is 5.97 Å². The van der Waals surface area contributed by atoms with Crippen LogP contribution in [0.1, 0.15) is 71.6 Å². The third-order valence-corrected chi connectivity index (χ3v) is 6.40. The van der Waals surface area contributed by atoms with Gasteiger partial charge in [0, 0.05) is 12.8 Å². The Balaban J connectivity index is 1.83. The van der Waals surface area contributed by atoms with Gasteiger partial charge in [0.05, 0.1) is 13.2 Å². The number of hydrogen-bond donors (Lipinski definition) is 1. The van der Waals surface area contributed by atoms with Crippen LogP contribution in [0.15, 0.2) is 23.8 Å². The van der Waals surface area contributed by atoms with E-state index in [1.54, 1.807) is 5.57 Å². The normalized spacial score (nSPS) is 28.0. The standard InChI is InChI=1S/C24H36O3/c1-4-6-10-19(5-2)23(25)15-14-20-12-13-21-16-18(17-22(20)21)9-7-8-11-24(26)27-3/h9,14-15,19-23,25H,5,7-8,10-13,16-17H2,1-3H3/b15-14+,18-9+/t19?,20-,21?,22-,23+/m1/s1. The molecular formula is C24H36O3. The molecule has 2 saturated carbocycles. The van der Waals surface area contributed by atoms with Crippen molar-refractivity contribution in [2.45, 2.75) is 77.7 Å². The zero-order valence-electron chi connectivity index (χ0n) is 17.2. The van der Waals surface area contributed by atoms with Crippen LogP contribution in [0.4, 0.5) is 0 Å². The second-order valence-electron chi connectivity index (χ2n) is 8.08. The highest BCUT2D eigenvalue weighted by Gasteiger charge is 2.39. The maximum Gasteiger partial charge on any atom is 0.305 e. The van der Waals surface area contributed by atoms with Gasteiger partial charge in [0.25, 0.3) is 0 Å². The van der Waals surface area contributed by atoms with Gasteiger partial charge in [-0.3, -0.25) is 4.79 Å². The fourth-order valence-electron chi connectivity index (χ4n) is 4.69. The number of allylic oxidation sites excluding steroid dienone is 3. The van der Waals surface area contributed by atoms with Gasteiger partial charge in [-0.25, -0.2) is 0 Å². The monoisotopic (exact) mass is 372 g/mol. The summed E-state index contributed by atoms with van der Waals surface area (Å²) in [7, 11) is 1.45. The van der Waals surface area contributed by atoms with Crippen molar-refractivity contribution in [3.8, 4) is 11.8 Å². The largest absolute Gasteiger partial charge is 0.469 e. The summed E-state index contributed by atoms with van der Waals surface area (Å²) in [5.74, 6) is 8.29. The zero-order chi connectivity index (χ0) is 19.6. The summed E-state index contributed by atoms with van der Waals surface area (Å²) >= 11 is 0. The summed E-state index contributed by atoms with van der Waals surface area (Å²) < 4.78 is 4.69. The number of aliphatic hydroxyl groups excluding tert-OH is 1. The van der Waals surface area contributed by atoms with Crippen molar-refractivity contribution in [3.05, 3.63) is 23.8 Å².